The van der Waals surface area contributed by atoms with Gasteiger partial charge in [-0.15, -0.1) is 15.3 Å². The number of phenolic OH excluding ortho intramolecular Hbond substituents is 2. The van der Waals surface area contributed by atoms with E-state index in [1.807, 2.05) is 97.1 Å². The van der Waals surface area contributed by atoms with Crippen molar-refractivity contribution in [1.82, 2.24) is 54.8 Å². The molecule has 2 aliphatic heterocycles. The molecular weight excluding hydrogens is 1910 g/mol. The first-order valence-corrected chi connectivity index (χ1v) is 49.8. The first-order chi connectivity index (χ1) is 62.4. The zero-order valence-electron chi connectivity index (χ0n) is 68.9. The Morgan fingerprint density at radius 1 is 0.316 bits per heavy atom. The van der Waals surface area contributed by atoms with Crippen LogP contribution in [0.5, 0.6) is 11.5 Å². The standard InChI is InChI=1S/C51H41N11O15S5.C32H16N8.2CH4O3S.Zn/c1-78(65,66)41-24-30-22-35(80(69,70)71)27-39(43(30)47(63)45(41)60-58-32-16-8-6-4-3-5-7-9-17-32)53-50-55-49(52-33-18-13-19-34(26-33)62-79(2,67)68)56-51(57-50)54-40-28-36(81(72,73)74)23-31-25-42(82(75,76)77)46(48(64)44(31)40)61-59-38-21-12-15-29-14-10-11-20-37(29)38;1-2-10-18-17(9-1)25-33-26(18)38-28-21-13-5-6-14-22(21)30(35-28)40-32-24-16-8-7-15-23(24)31(36-32)39-29-20-12-4-3-11-19(20)27(34-29)37-25;2*1-5(2,3)4;/h3-28,62-64H,1-2H3,(H,69,70,71)(H,72,73,74)(H,75,76,77)(H3,52,53,54,55,56,57);1-16H;2*1H3,(H,2,3,4);/q;-2;;;+2. The molecule has 8 bridgehead atoms. The largest absolute Gasteiger partial charge is 2.00 e. The van der Waals surface area contributed by atoms with Gasteiger partial charge in [0.2, 0.25) is 27.9 Å². The van der Waals surface area contributed by atoms with Crippen molar-refractivity contribution in [3.63, 3.8) is 0 Å². The van der Waals surface area contributed by atoms with Crippen molar-refractivity contribution in [2.24, 2.45) is 20.5 Å². The molecule has 18 rings (SSSR count). The summed E-state index contributed by atoms with van der Waals surface area (Å²) < 4.78 is 214. The zero-order chi connectivity index (χ0) is 94.2. The van der Waals surface area contributed by atoms with Crippen molar-refractivity contribution < 1.29 is 111 Å². The number of phenols is 2. The smallest absolute Gasteiger partial charge is 0.505 e. The van der Waals surface area contributed by atoms with Gasteiger partial charge in [-0.3, -0.25) is 27.5 Å². The van der Waals surface area contributed by atoms with Crippen molar-refractivity contribution in [3.8, 4) is 57.1 Å². The predicted molar refractivity (Wildman–Crippen MR) is 494 cm³/mol. The molecule has 0 spiro atoms. The molecule has 0 saturated heterocycles. The second-order valence-electron chi connectivity index (χ2n) is 28.8. The second-order valence-corrected chi connectivity index (χ2v) is 39.6. The molecular formula is C85H65N19O21S7Zn. The third kappa shape index (κ3) is 22.5. The Morgan fingerprint density at radius 2 is 0.662 bits per heavy atom. The zero-order valence-corrected chi connectivity index (χ0v) is 77.6. The first-order valence-electron chi connectivity index (χ1n) is 38.0. The number of nitrogens with one attached hydrogen (secondary N) is 4. The summed E-state index contributed by atoms with van der Waals surface area (Å²) in [5, 5.41) is 52.2. The molecule has 2 aliphatic rings. The molecule has 11 N–H and O–H groups in total. The number of aromatic hydroxyl groups is 2. The fourth-order valence-electron chi connectivity index (χ4n) is 13.6. The van der Waals surface area contributed by atoms with Gasteiger partial charge in [-0.1, -0.05) is 182 Å². The fraction of sp³-hybridized carbons (Fsp3) is 0.0471. The molecule has 0 saturated carbocycles. The summed E-state index contributed by atoms with van der Waals surface area (Å²) >= 11 is 0. The monoisotopic (exact) mass is 1980 g/mol. The van der Waals surface area contributed by atoms with Crippen LogP contribution in [0.15, 0.2) is 295 Å². The van der Waals surface area contributed by atoms with Crippen molar-refractivity contribution >= 4 is 210 Å². The van der Waals surface area contributed by atoms with E-state index < -0.39 is 153 Å². The summed E-state index contributed by atoms with van der Waals surface area (Å²) in [6.07, 6.45) is 3.13. The minimum absolute atomic E-state index is 0. The van der Waals surface area contributed by atoms with Gasteiger partial charge in [0.25, 0.3) is 50.6 Å². The quantitative estimate of drug-likeness (QED) is 0.0243. The second kappa shape index (κ2) is 37.7. The summed E-state index contributed by atoms with van der Waals surface area (Å²) in [7, 11) is -31.1. The molecule has 48 heteroatoms. The summed E-state index contributed by atoms with van der Waals surface area (Å²) in [4.78, 5) is 49.0. The van der Waals surface area contributed by atoms with Crippen LogP contribution in [0.3, 0.4) is 0 Å². The molecule has 12 aromatic carbocycles. The van der Waals surface area contributed by atoms with E-state index in [9.17, 15) is 82.8 Å². The third-order valence-electron chi connectivity index (χ3n) is 18.9. The summed E-state index contributed by atoms with van der Waals surface area (Å²) in [5.74, 6) is -1.37. The first kappa shape index (κ1) is 94.5. The van der Waals surface area contributed by atoms with Crippen LogP contribution >= 0.6 is 0 Å². The van der Waals surface area contributed by atoms with Gasteiger partial charge in [-0.25, -0.2) is 26.8 Å². The molecule has 0 amide bonds. The average Bonchev–Trinajstić information content (AvgIpc) is 1.68. The number of fused-ring (bicyclic) bond motifs is 23. The SMILES string of the molecule is CS(=O)(=O)Nc1cccc(Nc2nc(Nc3cc(S(=O)(=O)O)cc4cc(S(C)(=O)=O)c(N=Nc5ccccccccc5)c(O)c34)nc(Nc3cc(S(=O)(=O)O)cc4cc(S(=O)(=O)O)c(N=Nc5cccc6ccccc56)c(O)c34)n2)c1.CS(=O)(=O)O.CS(=O)(=O)O.[Zn+2].c1ccc2c(c1)-c1nc-2nc2[n-]c(nc3nc(nc4[n-]c(n1)c1ccccc41)-c1ccccc1-3)c1ccccc21. The third-order valence-corrected chi connectivity index (χ3v) is 23.1. The number of benzene rings is 11. The normalized spacial score (nSPS) is 12.2. The van der Waals surface area contributed by atoms with E-state index in [0.29, 0.717) is 69.2 Å². The maximum absolute atomic E-state index is 13.4. The van der Waals surface area contributed by atoms with E-state index in [0.717, 1.165) is 92.7 Å². The summed E-state index contributed by atoms with van der Waals surface area (Å²) in [5.41, 5.74) is 3.91. The minimum Gasteiger partial charge on any atom is -0.505 e. The van der Waals surface area contributed by atoms with Crippen LogP contribution in [0.25, 0.3) is 122 Å². The number of hydrogen-bond donors (Lipinski definition) is 11. The van der Waals surface area contributed by atoms with E-state index in [4.69, 9.17) is 49.0 Å². The maximum atomic E-state index is 13.4. The van der Waals surface area contributed by atoms with E-state index in [-0.39, 0.29) is 53.0 Å². The van der Waals surface area contributed by atoms with Crippen LogP contribution in [0, 0.1) is 0 Å². The molecule has 133 heavy (non-hydrogen) atoms. The Hall–Kier alpha value is -14.7. The van der Waals surface area contributed by atoms with Crippen LogP contribution in [0.2, 0.25) is 0 Å². The van der Waals surface area contributed by atoms with Gasteiger partial charge >= 0.3 is 19.5 Å². The van der Waals surface area contributed by atoms with Gasteiger partial charge in [0.15, 0.2) is 21.3 Å². The van der Waals surface area contributed by atoms with Crippen LogP contribution in [0.1, 0.15) is 0 Å². The Kier molecular flexibility index (Phi) is 26.8. The molecule has 0 unspecified atom stereocenters. The van der Waals surface area contributed by atoms with Gasteiger partial charge in [0.05, 0.1) is 85.2 Å². The van der Waals surface area contributed by atoms with Crippen LogP contribution < -0.4 is 30.6 Å². The van der Waals surface area contributed by atoms with Crippen molar-refractivity contribution in [2.45, 2.75) is 19.6 Å². The van der Waals surface area contributed by atoms with Crippen LogP contribution in [0.4, 0.5) is 63.3 Å². The number of anilines is 7. The van der Waals surface area contributed by atoms with Gasteiger partial charge in [-0.05, 0) is 110 Å². The van der Waals surface area contributed by atoms with Crippen molar-refractivity contribution in [2.75, 3.05) is 45.7 Å². The van der Waals surface area contributed by atoms with Gasteiger partial charge in [0, 0.05) is 72.9 Å². The summed E-state index contributed by atoms with van der Waals surface area (Å²) in [6, 6.07) is 69.1. The number of hydrogen-bond acceptors (Lipinski definition) is 32. The minimum atomic E-state index is -5.31. The van der Waals surface area contributed by atoms with Gasteiger partial charge in [-0.2, -0.15) is 62.2 Å². The predicted octanol–water partition coefficient (Wildman–Crippen LogP) is 15.6. The van der Waals surface area contributed by atoms with E-state index in [1.54, 1.807) is 78.9 Å². The Morgan fingerprint density at radius 3 is 1.07 bits per heavy atom. The van der Waals surface area contributed by atoms with Crippen LogP contribution in [-0.2, 0) is 89.9 Å². The molecule has 0 atom stereocenters. The maximum Gasteiger partial charge on any atom is 2.00 e. The van der Waals surface area contributed by atoms with Crippen molar-refractivity contribution in [1.29, 1.82) is 0 Å². The number of sulfone groups is 1. The van der Waals surface area contributed by atoms with Crippen molar-refractivity contribution in [3.05, 3.63) is 255 Å². The van der Waals surface area contributed by atoms with Gasteiger partial charge in [0.1, 0.15) is 16.3 Å². The Labute approximate surface area is 768 Å². The molecule has 0 radical (unpaired) electrons. The number of nitrogens with zero attached hydrogens (tertiary/aromatic N) is 15. The van der Waals surface area contributed by atoms with E-state index in [1.165, 1.54) is 42.5 Å². The number of aromatic nitrogens is 11. The molecule has 0 fully saturated rings. The fourth-order valence-corrected chi connectivity index (χ4v) is 16.7. The number of rotatable bonds is 16. The van der Waals surface area contributed by atoms with Crippen LogP contribution in [-0.4, -0.2) is 162 Å². The molecule has 4 aromatic heterocycles. The van der Waals surface area contributed by atoms with E-state index >= 15 is 0 Å². The molecule has 670 valence electrons. The molecule has 16 aromatic rings. The topological polar surface area (TPSA) is 622 Å². The molecule has 40 nitrogen and oxygen atoms in total. The summed E-state index contributed by atoms with van der Waals surface area (Å²) in [6.45, 7) is 0. The molecule has 6 heterocycles. The van der Waals surface area contributed by atoms with Gasteiger partial charge < -0.3 is 56.1 Å². The average molecular weight is 1980 g/mol. The molecule has 0 aliphatic carbocycles. The number of sulfonamides is 1. The Bertz CT molecular complexity index is 8300. The Balaban J connectivity index is 0.000000228. The number of azo groups is 2. The van der Waals surface area contributed by atoms with E-state index in [2.05, 4.69) is 56.1 Å².